The van der Waals surface area contributed by atoms with Gasteiger partial charge in [-0.2, -0.15) is 0 Å². The van der Waals surface area contributed by atoms with Crippen LogP contribution in [0.5, 0.6) is 0 Å². The van der Waals surface area contributed by atoms with Crippen LogP contribution < -0.4 is 5.73 Å². The summed E-state index contributed by atoms with van der Waals surface area (Å²) >= 11 is 0. The summed E-state index contributed by atoms with van der Waals surface area (Å²) in [6, 6.07) is 8.42. The average molecular weight is 240 g/mol. The average Bonchev–Trinajstić information content (AvgIpc) is 3.00. The molecule has 0 aliphatic rings. The van der Waals surface area contributed by atoms with Gasteiger partial charge in [0.05, 0.1) is 0 Å². The van der Waals surface area contributed by atoms with Crippen molar-refractivity contribution < 1.29 is 0 Å². The van der Waals surface area contributed by atoms with Gasteiger partial charge in [-0.05, 0) is 11.6 Å². The minimum absolute atomic E-state index is 0.652. The van der Waals surface area contributed by atoms with Crippen molar-refractivity contribution in [1.82, 2.24) is 14.5 Å². The van der Waals surface area contributed by atoms with E-state index in [9.17, 15) is 0 Å². The standard InChI is InChI=1S/C14H16N4/c15-5-8-18-10-11(9-14-16-6-7-17-14)12-3-1-2-4-13(12)18/h1-4,6-7,10H,5,8-9,15H2,(H,16,17). The summed E-state index contributed by atoms with van der Waals surface area (Å²) in [4.78, 5) is 7.43. The summed E-state index contributed by atoms with van der Waals surface area (Å²) in [7, 11) is 0. The lowest BCUT2D eigenvalue weighted by Crippen LogP contribution is -2.08. The van der Waals surface area contributed by atoms with Gasteiger partial charge in [0.2, 0.25) is 0 Å². The lowest BCUT2D eigenvalue weighted by Gasteiger charge is -2.01. The van der Waals surface area contributed by atoms with Crippen molar-refractivity contribution in [2.24, 2.45) is 5.73 Å². The lowest BCUT2D eigenvalue weighted by molar-refractivity contribution is 0.732. The van der Waals surface area contributed by atoms with E-state index in [4.69, 9.17) is 5.73 Å². The summed E-state index contributed by atoms with van der Waals surface area (Å²) in [5, 5.41) is 1.28. The van der Waals surface area contributed by atoms with Crippen LogP contribution in [0.3, 0.4) is 0 Å². The van der Waals surface area contributed by atoms with E-state index in [-0.39, 0.29) is 0 Å². The normalized spacial score (nSPS) is 11.2. The number of nitrogens with two attached hydrogens (primary N) is 1. The first-order valence-corrected chi connectivity index (χ1v) is 6.13. The molecule has 18 heavy (non-hydrogen) atoms. The number of hydrogen-bond donors (Lipinski definition) is 2. The van der Waals surface area contributed by atoms with Crippen LogP contribution in [0.25, 0.3) is 10.9 Å². The molecule has 0 aliphatic heterocycles. The van der Waals surface area contributed by atoms with Gasteiger partial charge in [0.1, 0.15) is 5.82 Å². The van der Waals surface area contributed by atoms with E-state index < -0.39 is 0 Å². The Balaban J connectivity index is 2.05. The fraction of sp³-hybridized carbons (Fsp3) is 0.214. The number of aromatic nitrogens is 3. The molecule has 92 valence electrons. The Kier molecular flexibility index (Phi) is 2.86. The Bertz CT molecular complexity index is 637. The molecule has 3 N–H and O–H groups in total. The van der Waals surface area contributed by atoms with Crippen molar-refractivity contribution in [2.75, 3.05) is 6.54 Å². The largest absolute Gasteiger partial charge is 0.348 e. The molecule has 1 aromatic carbocycles. The van der Waals surface area contributed by atoms with Crippen LogP contribution in [-0.4, -0.2) is 21.1 Å². The Morgan fingerprint density at radius 1 is 1.28 bits per heavy atom. The second-order valence-corrected chi connectivity index (χ2v) is 4.37. The van der Waals surface area contributed by atoms with E-state index in [0.29, 0.717) is 6.54 Å². The van der Waals surface area contributed by atoms with Crippen LogP contribution in [0.15, 0.2) is 42.9 Å². The minimum Gasteiger partial charge on any atom is -0.348 e. The fourth-order valence-corrected chi connectivity index (χ4v) is 2.36. The Hall–Kier alpha value is -2.07. The molecule has 4 nitrogen and oxygen atoms in total. The predicted molar refractivity (Wildman–Crippen MR) is 72.4 cm³/mol. The van der Waals surface area contributed by atoms with Crippen LogP contribution in [0.2, 0.25) is 0 Å². The highest BCUT2D eigenvalue weighted by Gasteiger charge is 2.08. The molecule has 0 spiro atoms. The molecule has 2 aromatic heterocycles. The number of imidazole rings is 1. The smallest absolute Gasteiger partial charge is 0.110 e. The molecule has 0 fully saturated rings. The quantitative estimate of drug-likeness (QED) is 0.732. The maximum Gasteiger partial charge on any atom is 0.110 e. The number of nitrogens with zero attached hydrogens (tertiary/aromatic N) is 2. The number of fused-ring (bicyclic) bond motifs is 1. The SMILES string of the molecule is NCCn1cc(Cc2ncc[nH]2)c2ccccc21. The highest BCUT2D eigenvalue weighted by molar-refractivity contribution is 5.84. The highest BCUT2D eigenvalue weighted by Crippen LogP contribution is 2.22. The zero-order chi connectivity index (χ0) is 12.4. The first-order chi connectivity index (χ1) is 8.88. The van der Waals surface area contributed by atoms with Crippen LogP contribution in [0.4, 0.5) is 0 Å². The number of nitrogens with one attached hydrogen (secondary N) is 1. The number of para-hydroxylation sites is 1. The van der Waals surface area contributed by atoms with Crippen LogP contribution in [-0.2, 0) is 13.0 Å². The molecular formula is C14H16N4. The van der Waals surface area contributed by atoms with Crippen molar-refractivity contribution in [2.45, 2.75) is 13.0 Å². The molecule has 2 heterocycles. The summed E-state index contributed by atoms with van der Waals surface area (Å²) in [6.45, 7) is 1.50. The molecule has 0 unspecified atom stereocenters. The zero-order valence-corrected chi connectivity index (χ0v) is 10.1. The summed E-state index contributed by atoms with van der Waals surface area (Å²) in [5.74, 6) is 0.991. The van der Waals surface area contributed by atoms with Gasteiger partial charge in [0.25, 0.3) is 0 Å². The van der Waals surface area contributed by atoms with Crippen molar-refractivity contribution in [3.8, 4) is 0 Å². The van der Waals surface area contributed by atoms with E-state index in [2.05, 4.69) is 45.0 Å². The molecule has 0 saturated carbocycles. The van der Waals surface area contributed by atoms with Gasteiger partial charge in [-0.3, -0.25) is 0 Å². The van der Waals surface area contributed by atoms with E-state index >= 15 is 0 Å². The molecule has 3 aromatic rings. The Labute approximate surface area is 105 Å². The van der Waals surface area contributed by atoms with Gasteiger partial charge in [0, 0.05) is 49.0 Å². The summed E-state index contributed by atoms with van der Waals surface area (Å²) < 4.78 is 2.22. The molecule has 0 amide bonds. The Morgan fingerprint density at radius 3 is 2.94 bits per heavy atom. The van der Waals surface area contributed by atoms with Crippen LogP contribution in [0, 0.1) is 0 Å². The molecule has 0 bridgehead atoms. The van der Waals surface area contributed by atoms with E-state index in [0.717, 1.165) is 18.8 Å². The van der Waals surface area contributed by atoms with Gasteiger partial charge in [-0.1, -0.05) is 18.2 Å². The number of hydrogen-bond acceptors (Lipinski definition) is 2. The Morgan fingerprint density at radius 2 is 2.17 bits per heavy atom. The summed E-state index contributed by atoms with van der Waals surface area (Å²) in [5.41, 5.74) is 8.18. The fourth-order valence-electron chi connectivity index (χ4n) is 2.36. The second kappa shape index (κ2) is 4.66. The van der Waals surface area contributed by atoms with Gasteiger partial charge < -0.3 is 15.3 Å². The predicted octanol–water partition coefficient (Wildman–Crippen LogP) is 1.91. The minimum atomic E-state index is 0.652. The van der Waals surface area contributed by atoms with Crippen molar-refractivity contribution >= 4 is 10.9 Å². The molecule has 3 rings (SSSR count). The molecule has 0 saturated heterocycles. The van der Waals surface area contributed by atoms with Crippen LogP contribution in [0.1, 0.15) is 11.4 Å². The van der Waals surface area contributed by atoms with Gasteiger partial charge in [-0.15, -0.1) is 0 Å². The van der Waals surface area contributed by atoms with Crippen molar-refractivity contribution in [3.63, 3.8) is 0 Å². The second-order valence-electron chi connectivity index (χ2n) is 4.37. The van der Waals surface area contributed by atoms with Gasteiger partial charge in [0.15, 0.2) is 0 Å². The van der Waals surface area contributed by atoms with E-state index in [1.807, 2.05) is 6.20 Å². The summed E-state index contributed by atoms with van der Waals surface area (Å²) in [6.07, 6.45) is 6.65. The topological polar surface area (TPSA) is 59.6 Å². The zero-order valence-electron chi connectivity index (χ0n) is 10.1. The third-order valence-electron chi connectivity index (χ3n) is 3.15. The van der Waals surface area contributed by atoms with Crippen molar-refractivity contribution in [3.05, 3.63) is 54.2 Å². The number of aromatic amines is 1. The molecular weight excluding hydrogens is 224 g/mol. The third kappa shape index (κ3) is 1.91. The van der Waals surface area contributed by atoms with Gasteiger partial charge >= 0.3 is 0 Å². The molecule has 0 radical (unpaired) electrons. The van der Waals surface area contributed by atoms with Crippen LogP contribution >= 0.6 is 0 Å². The number of H-pyrrole nitrogens is 1. The molecule has 0 atom stereocenters. The van der Waals surface area contributed by atoms with E-state index in [1.165, 1.54) is 16.5 Å². The maximum atomic E-state index is 5.66. The number of rotatable bonds is 4. The molecule has 0 aliphatic carbocycles. The molecule has 4 heteroatoms. The first kappa shape index (κ1) is 11.0. The lowest BCUT2D eigenvalue weighted by atomic mass is 10.1. The number of benzene rings is 1. The third-order valence-corrected chi connectivity index (χ3v) is 3.15. The maximum absolute atomic E-state index is 5.66. The highest BCUT2D eigenvalue weighted by atomic mass is 15.0. The van der Waals surface area contributed by atoms with Gasteiger partial charge in [-0.25, -0.2) is 4.98 Å². The monoisotopic (exact) mass is 240 g/mol. The van der Waals surface area contributed by atoms with E-state index in [1.54, 1.807) is 6.20 Å². The first-order valence-electron chi connectivity index (χ1n) is 6.13. The van der Waals surface area contributed by atoms with Crippen molar-refractivity contribution in [1.29, 1.82) is 0 Å².